The summed E-state index contributed by atoms with van der Waals surface area (Å²) in [5.74, 6) is 0.788. The van der Waals surface area contributed by atoms with E-state index in [1.807, 2.05) is 49.4 Å². The Hall–Kier alpha value is -3.02. The van der Waals surface area contributed by atoms with Gasteiger partial charge in [0, 0.05) is 23.9 Å². The van der Waals surface area contributed by atoms with Crippen LogP contribution in [0.4, 0.5) is 4.79 Å². The van der Waals surface area contributed by atoms with E-state index in [4.69, 9.17) is 9.47 Å². The van der Waals surface area contributed by atoms with Crippen molar-refractivity contribution in [1.29, 1.82) is 0 Å². The Bertz CT molecular complexity index is 919. The van der Waals surface area contributed by atoms with Gasteiger partial charge in [0.1, 0.15) is 18.1 Å². The largest absolute Gasteiger partial charge is 0.491 e. The smallest absolute Gasteiger partial charge is 0.407 e. The van der Waals surface area contributed by atoms with Crippen molar-refractivity contribution in [2.75, 3.05) is 6.54 Å². The predicted octanol–water partition coefficient (Wildman–Crippen LogP) is 3.63. The first-order valence-corrected chi connectivity index (χ1v) is 8.34. The third kappa shape index (κ3) is 3.28. The highest BCUT2D eigenvalue weighted by Gasteiger charge is 2.13. The van der Waals surface area contributed by atoms with Gasteiger partial charge in [-0.25, -0.2) is 4.79 Å². The molecule has 0 spiro atoms. The van der Waals surface area contributed by atoms with Gasteiger partial charge in [-0.1, -0.05) is 18.2 Å². The summed E-state index contributed by atoms with van der Waals surface area (Å²) in [5, 5.41) is 11.3. The quantitative estimate of drug-likeness (QED) is 0.657. The highest BCUT2D eigenvalue weighted by molar-refractivity contribution is 5.93. The molecule has 1 aliphatic heterocycles. The number of nitrogens with one attached hydrogen (secondary N) is 2. The van der Waals surface area contributed by atoms with Gasteiger partial charge in [0.25, 0.3) is 0 Å². The minimum absolute atomic E-state index is 0.0284. The molecule has 4 rings (SSSR count). The molecular weight excluding hydrogens is 318 g/mol. The van der Waals surface area contributed by atoms with Crippen LogP contribution in [-0.4, -0.2) is 28.9 Å². The van der Waals surface area contributed by atoms with Crippen LogP contribution in [0.2, 0.25) is 0 Å². The number of amides is 1. The summed E-state index contributed by atoms with van der Waals surface area (Å²) in [6.07, 6.45) is 0.244. The third-order valence-electron chi connectivity index (χ3n) is 4.26. The maximum atomic E-state index is 11.8. The molecule has 1 aliphatic rings. The maximum Gasteiger partial charge on any atom is 0.407 e. The second-order valence-electron chi connectivity index (χ2n) is 6.20. The molecule has 1 amide bonds. The van der Waals surface area contributed by atoms with E-state index in [-0.39, 0.29) is 12.7 Å². The van der Waals surface area contributed by atoms with Crippen molar-refractivity contribution in [2.45, 2.75) is 26.1 Å². The van der Waals surface area contributed by atoms with Crippen LogP contribution in [0.5, 0.6) is 5.75 Å². The van der Waals surface area contributed by atoms with Crippen molar-refractivity contribution in [3.63, 3.8) is 0 Å². The van der Waals surface area contributed by atoms with Crippen LogP contribution in [0, 0.1) is 0 Å². The van der Waals surface area contributed by atoms with Gasteiger partial charge in [0.2, 0.25) is 0 Å². The number of nitrogens with zero attached hydrogens (tertiary/aromatic N) is 1. The number of H-pyrrole nitrogens is 1. The zero-order chi connectivity index (χ0) is 17.2. The van der Waals surface area contributed by atoms with E-state index < -0.39 is 6.09 Å². The van der Waals surface area contributed by atoms with Gasteiger partial charge < -0.3 is 14.8 Å². The Labute approximate surface area is 145 Å². The molecule has 1 aromatic heterocycles. The van der Waals surface area contributed by atoms with E-state index in [2.05, 4.69) is 15.5 Å². The van der Waals surface area contributed by atoms with Crippen LogP contribution >= 0.6 is 0 Å². The minimum atomic E-state index is -0.421. The number of ether oxygens (including phenoxy) is 2. The molecule has 0 aliphatic carbocycles. The van der Waals surface area contributed by atoms with Crippen molar-refractivity contribution >= 4 is 17.0 Å². The van der Waals surface area contributed by atoms with Crippen molar-refractivity contribution < 1.29 is 14.3 Å². The normalized spacial score (nSPS) is 18.0. The molecule has 0 unspecified atom stereocenters. The molecule has 6 heteroatoms. The lowest BCUT2D eigenvalue weighted by molar-refractivity contribution is 0.137. The Morgan fingerprint density at radius 3 is 3.04 bits per heavy atom. The Morgan fingerprint density at radius 1 is 1.20 bits per heavy atom. The van der Waals surface area contributed by atoms with Gasteiger partial charge in [-0.15, -0.1) is 0 Å². The molecule has 2 N–H and O–H groups in total. The number of alkyl carbamates (subject to hydrolysis) is 1. The number of carbonyl (C=O) groups is 1. The van der Waals surface area contributed by atoms with Gasteiger partial charge in [-0.05, 0) is 36.8 Å². The number of rotatable bonds is 0. The SMILES string of the molecule is C[C@@H]1CCNC(=O)OCc2cccc(c2)-c2n[nH]c3ccc(cc23)O1. The van der Waals surface area contributed by atoms with Gasteiger partial charge in [-0.3, -0.25) is 5.10 Å². The summed E-state index contributed by atoms with van der Waals surface area (Å²) < 4.78 is 11.3. The summed E-state index contributed by atoms with van der Waals surface area (Å²) in [7, 11) is 0. The molecule has 0 fully saturated rings. The number of cyclic esters (lactones) is 1. The summed E-state index contributed by atoms with van der Waals surface area (Å²) in [6, 6.07) is 13.8. The first kappa shape index (κ1) is 15.5. The van der Waals surface area contributed by atoms with Crippen LogP contribution in [-0.2, 0) is 11.3 Å². The number of aromatic nitrogens is 2. The number of aromatic amines is 1. The monoisotopic (exact) mass is 337 g/mol. The summed E-state index contributed by atoms with van der Waals surface area (Å²) >= 11 is 0. The molecule has 1 atom stereocenters. The van der Waals surface area contributed by atoms with Crippen LogP contribution in [0.3, 0.4) is 0 Å². The fourth-order valence-corrected chi connectivity index (χ4v) is 2.96. The van der Waals surface area contributed by atoms with Crippen LogP contribution < -0.4 is 10.1 Å². The van der Waals surface area contributed by atoms with Gasteiger partial charge in [0.05, 0.1) is 11.6 Å². The van der Waals surface area contributed by atoms with Crippen molar-refractivity contribution in [2.24, 2.45) is 0 Å². The van der Waals surface area contributed by atoms with Crippen LogP contribution in [0.25, 0.3) is 22.2 Å². The van der Waals surface area contributed by atoms with E-state index in [1.54, 1.807) is 0 Å². The van der Waals surface area contributed by atoms with Gasteiger partial charge >= 0.3 is 6.09 Å². The Morgan fingerprint density at radius 2 is 2.12 bits per heavy atom. The van der Waals surface area contributed by atoms with E-state index >= 15 is 0 Å². The molecule has 0 saturated carbocycles. The van der Waals surface area contributed by atoms with E-state index in [0.29, 0.717) is 13.0 Å². The van der Waals surface area contributed by atoms with Crippen molar-refractivity contribution in [3.05, 3.63) is 48.0 Å². The topological polar surface area (TPSA) is 76.2 Å². The number of hydrogen-bond acceptors (Lipinski definition) is 4. The molecule has 3 aromatic rings. The van der Waals surface area contributed by atoms with Crippen molar-refractivity contribution in [1.82, 2.24) is 15.5 Å². The molecule has 128 valence electrons. The molecule has 6 nitrogen and oxygen atoms in total. The van der Waals surface area contributed by atoms with E-state index in [0.717, 1.165) is 33.5 Å². The molecule has 2 heterocycles. The van der Waals surface area contributed by atoms with E-state index in [1.165, 1.54) is 0 Å². The zero-order valence-electron chi connectivity index (χ0n) is 13.9. The van der Waals surface area contributed by atoms with Crippen molar-refractivity contribution in [3.8, 4) is 17.0 Å². The highest BCUT2D eigenvalue weighted by Crippen LogP contribution is 2.30. The fraction of sp³-hybridized carbons (Fsp3) is 0.263. The number of benzene rings is 2. The summed E-state index contributed by atoms with van der Waals surface area (Å²) in [4.78, 5) is 11.8. The second-order valence-corrected chi connectivity index (χ2v) is 6.20. The Kier molecular flexibility index (Phi) is 4.01. The number of hydrogen-bond donors (Lipinski definition) is 2. The zero-order valence-corrected chi connectivity index (χ0v) is 13.9. The molecule has 25 heavy (non-hydrogen) atoms. The number of carbonyl (C=O) groups excluding carboxylic acids is 1. The minimum Gasteiger partial charge on any atom is -0.491 e. The highest BCUT2D eigenvalue weighted by atomic mass is 16.5. The van der Waals surface area contributed by atoms with Crippen LogP contribution in [0.15, 0.2) is 42.5 Å². The lowest BCUT2D eigenvalue weighted by atomic mass is 10.1. The molecule has 4 bridgehead atoms. The Balaban J connectivity index is 1.79. The van der Waals surface area contributed by atoms with Gasteiger partial charge in [0.15, 0.2) is 0 Å². The van der Waals surface area contributed by atoms with E-state index in [9.17, 15) is 4.79 Å². The molecule has 0 saturated heterocycles. The molecule has 0 radical (unpaired) electrons. The van der Waals surface area contributed by atoms with Gasteiger partial charge in [-0.2, -0.15) is 5.10 Å². The fourth-order valence-electron chi connectivity index (χ4n) is 2.96. The second kappa shape index (κ2) is 6.47. The van der Waals surface area contributed by atoms with Crippen LogP contribution in [0.1, 0.15) is 18.9 Å². The summed E-state index contributed by atoms with van der Waals surface area (Å²) in [5.41, 5.74) is 3.69. The average molecular weight is 337 g/mol. The summed E-state index contributed by atoms with van der Waals surface area (Å²) in [6.45, 7) is 2.70. The third-order valence-corrected chi connectivity index (χ3v) is 4.26. The number of fused-ring (bicyclic) bond motifs is 4. The lowest BCUT2D eigenvalue weighted by Crippen LogP contribution is -2.28. The first-order valence-electron chi connectivity index (χ1n) is 8.34. The standard InChI is InChI=1S/C19H19N3O3/c1-12-7-8-20-19(23)24-11-13-3-2-4-14(9-13)18-16-10-15(25-12)5-6-17(16)21-22-18/h2-6,9-10,12H,7-8,11H2,1H3,(H,20,23)(H,21,22)/t12-/m1/s1. The lowest BCUT2D eigenvalue weighted by Gasteiger charge is -2.15. The average Bonchev–Trinajstić information content (AvgIpc) is 3.03. The first-order chi connectivity index (χ1) is 12.2. The maximum absolute atomic E-state index is 11.8. The molecular formula is C19H19N3O3. The molecule has 2 aromatic carbocycles. The predicted molar refractivity (Wildman–Crippen MR) is 94.4 cm³/mol.